The molecule has 0 atom stereocenters. The predicted molar refractivity (Wildman–Crippen MR) is 73.5 cm³/mol. The van der Waals surface area contributed by atoms with E-state index in [0.717, 1.165) is 22.8 Å². The molecule has 2 aromatic carbocycles. The first-order valence-electron chi connectivity index (χ1n) is 5.99. The Kier molecular flexibility index (Phi) is 3.17. The molecule has 1 heterocycles. The SMILES string of the molecule is O=c1oc2ccc(O)cc2n1-c1ccc(C(F)(F)F)cc1Cl. The standard InChI is InChI=1S/C14H7ClF3NO3/c15-9-5-7(14(16,17)18)1-3-10(9)19-11-6-8(20)2-4-12(11)22-13(19)21/h1-6,20H. The molecule has 0 fully saturated rings. The molecule has 0 saturated heterocycles. The molecule has 0 amide bonds. The summed E-state index contributed by atoms with van der Waals surface area (Å²) >= 11 is 5.88. The van der Waals surface area contributed by atoms with Gasteiger partial charge in [-0.2, -0.15) is 13.2 Å². The molecule has 22 heavy (non-hydrogen) atoms. The highest BCUT2D eigenvalue weighted by Crippen LogP contribution is 2.34. The van der Waals surface area contributed by atoms with Crippen LogP contribution in [0.2, 0.25) is 5.02 Å². The molecule has 0 bridgehead atoms. The fourth-order valence-corrected chi connectivity index (χ4v) is 2.36. The van der Waals surface area contributed by atoms with Crippen LogP contribution in [0.15, 0.2) is 45.6 Å². The lowest BCUT2D eigenvalue weighted by Gasteiger charge is -2.10. The Hall–Kier alpha value is -2.41. The number of halogens is 4. The van der Waals surface area contributed by atoms with Crippen LogP contribution >= 0.6 is 11.6 Å². The molecule has 0 unspecified atom stereocenters. The van der Waals surface area contributed by atoms with Crippen LogP contribution in [-0.4, -0.2) is 9.67 Å². The molecule has 0 aliphatic rings. The number of nitrogens with zero attached hydrogens (tertiary/aromatic N) is 1. The van der Waals surface area contributed by atoms with Gasteiger partial charge in [-0.25, -0.2) is 9.36 Å². The van der Waals surface area contributed by atoms with Gasteiger partial charge >= 0.3 is 11.9 Å². The Balaban J connectivity index is 2.26. The molecule has 3 aromatic rings. The molecule has 8 heteroatoms. The number of phenols is 1. The largest absolute Gasteiger partial charge is 0.508 e. The van der Waals surface area contributed by atoms with E-state index < -0.39 is 17.5 Å². The van der Waals surface area contributed by atoms with Crippen molar-refractivity contribution in [2.75, 3.05) is 0 Å². The van der Waals surface area contributed by atoms with Crippen LogP contribution in [0.3, 0.4) is 0 Å². The van der Waals surface area contributed by atoms with Crippen LogP contribution in [0, 0.1) is 0 Å². The highest BCUT2D eigenvalue weighted by atomic mass is 35.5. The highest BCUT2D eigenvalue weighted by molar-refractivity contribution is 6.32. The summed E-state index contributed by atoms with van der Waals surface area (Å²) in [6, 6.07) is 6.57. The van der Waals surface area contributed by atoms with Gasteiger partial charge < -0.3 is 9.52 Å². The zero-order valence-electron chi connectivity index (χ0n) is 10.7. The van der Waals surface area contributed by atoms with Crippen molar-refractivity contribution in [3.63, 3.8) is 0 Å². The molecular formula is C14H7ClF3NO3. The summed E-state index contributed by atoms with van der Waals surface area (Å²) in [6.07, 6.45) is -4.54. The number of aromatic nitrogens is 1. The van der Waals surface area contributed by atoms with Crippen molar-refractivity contribution >= 4 is 22.7 Å². The van der Waals surface area contributed by atoms with Crippen LogP contribution in [0.5, 0.6) is 5.75 Å². The van der Waals surface area contributed by atoms with Crippen LogP contribution in [0.1, 0.15) is 5.56 Å². The average Bonchev–Trinajstić information content (AvgIpc) is 2.73. The number of phenolic OH excluding ortho intramolecular Hbond substituents is 1. The molecule has 0 aliphatic carbocycles. The fourth-order valence-electron chi connectivity index (χ4n) is 2.10. The van der Waals surface area contributed by atoms with Crippen LogP contribution < -0.4 is 5.76 Å². The Morgan fingerprint density at radius 1 is 1.14 bits per heavy atom. The fraction of sp³-hybridized carbons (Fsp3) is 0.0714. The van der Waals surface area contributed by atoms with Crippen molar-refractivity contribution in [3.8, 4) is 11.4 Å². The highest BCUT2D eigenvalue weighted by Gasteiger charge is 2.31. The third-order valence-corrected chi connectivity index (χ3v) is 3.38. The molecule has 1 N–H and O–H groups in total. The van der Waals surface area contributed by atoms with E-state index in [2.05, 4.69) is 0 Å². The lowest BCUT2D eigenvalue weighted by Crippen LogP contribution is -2.13. The maximum absolute atomic E-state index is 12.6. The topological polar surface area (TPSA) is 55.4 Å². The normalized spacial score (nSPS) is 12.0. The smallest absolute Gasteiger partial charge is 0.424 e. The summed E-state index contributed by atoms with van der Waals surface area (Å²) in [6.45, 7) is 0. The molecule has 3 rings (SSSR count). The summed E-state index contributed by atoms with van der Waals surface area (Å²) in [5.41, 5.74) is -0.514. The number of hydrogen-bond donors (Lipinski definition) is 1. The van der Waals surface area contributed by atoms with E-state index in [1.165, 1.54) is 18.2 Å². The molecule has 0 saturated carbocycles. The van der Waals surface area contributed by atoms with E-state index >= 15 is 0 Å². The van der Waals surface area contributed by atoms with Crippen molar-refractivity contribution in [2.45, 2.75) is 6.18 Å². The minimum Gasteiger partial charge on any atom is -0.508 e. The first-order chi connectivity index (χ1) is 10.3. The first-order valence-corrected chi connectivity index (χ1v) is 6.37. The van der Waals surface area contributed by atoms with Gasteiger partial charge in [-0.15, -0.1) is 0 Å². The third kappa shape index (κ3) is 2.33. The molecule has 1 aromatic heterocycles. The van der Waals surface area contributed by atoms with Gasteiger partial charge in [0.05, 0.1) is 21.8 Å². The van der Waals surface area contributed by atoms with E-state index in [0.29, 0.717) is 0 Å². The second kappa shape index (κ2) is 4.81. The zero-order chi connectivity index (χ0) is 16.1. The summed E-state index contributed by atoms with van der Waals surface area (Å²) in [4.78, 5) is 11.9. The minimum atomic E-state index is -4.54. The average molecular weight is 330 g/mol. The van der Waals surface area contributed by atoms with Crippen molar-refractivity contribution < 1.29 is 22.7 Å². The lowest BCUT2D eigenvalue weighted by atomic mass is 10.2. The van der Waals surface area contributed by atoms with Gasteiger partial charge in [-0.3, -0.25) is 0 Å². The first kappa shape index (κ1) is 14.5. The number of hydrogen-bond acceptors (Lipinski definition) is 3. The van der Waals surface area contributed by atoms with E-state index in [1.54, 1.807) is 0 Å². The third-order valence-electron chi connectivity index (χ3n) is 3.08. The number of aromatic hydroxyl groups is 1. The van der Waals surface area contributed by atoms with Gasteiger partial charge in [0.1, 0.15) is 5.75 Å². The van der Waals surface area contributed by atoms with E-state index in [4.69, 9.17) is 16.0 Å². The molecule has 0 radical (unpaired) electrons. The Morgan fingerprint density at radius 3 is 2.50 bits per heavy atom. The molecule has 114 valence electrons. The van der Waals surface area contributed by atoms with Gasteiger partial charge in [0.15, 0.2) is 5.58 Å². The van der Waals surface area contributed by atoms with Crippen LogP contribution in [0.25, 0.3) is 16.8 Å². The van der Waals surface area contributed by atoms with Crippen molar-refractivity contribution in [2.24, 2.45) is 0 Å². The number of fused-ring (bicyclic) bond motifs is 1. The van der Waals surface area contributed by atoms with Gasteiger partial charge in [0.2, 0.25) is 0 Å². The summed E-state index contributed by atoms with van der Waals surface area (Å²) in [7, 11) is 0. The monoisotopic (exact) mass is 329 g/mol. The second-order valence-electron chi connectivity index (χ2n) is 4.52. The summed E-state index contributed by atoms with van der Waals surface area (Å²) in [5.74, 6) is -0.938. The lowest BCUT2D eigenvalue weighted by molar-refractivity contribution is -0.137. The minimum absolute atomic E-state index is 0.0315. The molecule has 0 aliphatic heterocycles. The second-order valence-corrected chi connectivity index (χ2v) is 4.93. The van der Waals surface area contributed by atoms with E-state index in [1.807, 2.05) is 0 Å². The number of oxazole rings is 1. The van der Waals surface area contributed by atoms with Crippen molar-refractivity contribution in [1.29, 1.82) is 0 Å². The Labute approximate surface area is 126 Å². The molecule has 4 nitrogen and oxygen atoms in total. The van der Waals surface area contributed by atoms with Gasteiger partial charge in [0, 0.05) is 6.07 Å². The predicted octanol–water partition coefficient (Wildman–Crippen LogP) is 3.96. The van der Waals surface area contributed by atoms with Gasteiger partial charge in [-0.1, -0.05) is 11.6 Å². The Bertz CT molecular complexity index is 927. The maximum Gasteiger partial charge on any atom is 0.424 e. The molecular weight excluding hydrogens is 323 g/mol. The van der Waals surface area contributed by atoms with Crippen LogP contribution in [-0.2, 0) is 6.18 Å². The number of alkyl halides is 3. The van der Waals surface area contributed by atoms with Crippen molar-refractivity contribution in [3.05, 3.63) is 57.5 Å². The van der Waals surface area contributed by atoms with E-state index in [-0.39, 0.29) is 27.6 Å². The van der Waals surface area contributed by atoms with E-state index in [9.17, 15) is 23.1 Å². The van der Waals surface area contributed by atoms with Gasteiger partial charge in [0.25, 0.3) is 0 Å². The summed E-state index contributed by atoms with van der Waals surface area (Å²) < 4.78 is 43.9. The van der Waals surface area contributed by atoms with Gasteiger partial charge in [-0.05, 0) is 30.3 Å². The number of benzene rings is 2. The maximum atomic E-state index is 12.6. The van der Waals surface area contributed by atoms with Crippen molar-refractivity contribution in [1.82, 2.24) is 4.57 Å². The summed E-state index contributed by atoms with van der Waals surface area (Å²) in [5, 5.41) is 9.23. The Morgan fingerprint density at radius 2 is 1.86 bits per heavy atom. The zero-order valence-corrected chi connectivity index (χ0v) is 11.4. The van der Waals surface area contributed by atoms with Crippen LogP contribution in [0.4, 0.5) is 13.2 Å². The number of rotatable bonds is 1. The molecule has 0 spiro atoms. The quantitative estimate of drug-likeness (QED) is 0.735.